The van der Waals surface area contributed by atoms with Gasteiger partial charge in [0.05, 0.1) is 12.7 Å². The van der Waals surface area contributed by atoms with Gasteiger partial charge < -0.3 is 10.1 Å². The molecule has 1 aromatic rings. The second-order valence-corrected chi connectivity index (χ2v) is 4.84. The maximum absolute atomic E-state index is 6.14. The van der Waals surface area contributed by atoms with Crippen molar-refractivity contribution in [1.82, 2.24) is 5.32 Å². The molecule has 0 saturated carbocycles. The average molecular weight is 260 g/mol. The van der Waals surface area contributed by atoms with Crippen molar-refractivity contribution in [2.45, 2.75) is 25.5 Å². The maximum Gasteiger partial charge on any atom is 0.0964 e. The van der Waals surface area contributed by atoms with Crippen LogP contribution in [0, 0.1) is 0 Å². The highest BCUT2D eigenvalue weighted by Gasteiger charge is 2.22. The molecular weight excluding hydrogens is 245 g/mol. The summed E-state index contributed by atoms with van der Waals surface area (Å²) >= 11 is 12.0. The fraction of sp³-hybridized carbons (Fsp3) is 0.500. The Morgan fingerprint density at radius 2 is 2.25 bits per heavy atom. The highest BCUT2D eigenvalue weighted by Crippen LogP contribution is 2.29. The summed E-state index contributed by atoms with van der Waals surface area (Å²) in [6.45, 7) is 3.69. The lowest BCUT2D eigenvalue weighted by molar-refractivity contribution is 0.00229. The van der Waals surface area contributed by atoms with Crippen molar-refractivity contribution in [2.75, 3.05) is 13.2 Å². The highest BCUT2D eigenvalue weighted by atomic mass is 35.5. The van der Waals surface area contributed by atoms with Crippen LogP contribution in [0.5, 0.6) is 0 Å². The number of hydrogen-bond acceptors (Lipinski definition) is 2. The predicted octanol–water partition coefficient (Wildman–Crippen LogP) is 3.43. The third kappa shape index (κ3) is 2.69. The van der Waals surface area contributed by atoms with E-state index in [1.165, 1.54) is 0 Å². The smallest absolute Gasteiger partial charge is 0.0964 e. The summed E-state index contributed by atoms with van der Waals surface area (Å²) in [5.74, 6) is 0. The van der Waals surface area contributed by atoms with Crippen molar-refractivity contribution in [3.8, 4) is 0 Å². The number of hydrogen-bond donors (Lipinski definition) is 1. The van der Waals surface area contributed by atoms with Crippen LogP contribution in [0.1, 0.15) is 25.0 Å². The Morgan fingerprint density at radius 3 is 2.81 bits per heavy atom. The molecule has 4 heteroatoms. The normalized spacial score (nSPS) is 25.7. The van der Waals surface area contributed by atoms with Crippen molar-refractivity contribution in [1.29, 1.82) is 0 Å². The van der Waals surface area contributed by atoms with E-state index in [1.54, 1.807) is 6.07 Å². The van der Waals surface area contributed by atoms with Gasteiger partial charge in [-0.25, -0.2) is 0 Å². The molecule has 0 aromatic heterocycles. The molecule has 16 heavy (non-hydrogen) atoms. The second kappa shape index (κ2) is 5.37. The lowest BCUT2D eigenvalue weighted by Gasteiger charge is -2.30. The molecule has 0 aliphatic carbocycles. The van der Waals surface area contributed by atoms with Crippen molar-refractivity contribution >= 4 is 23.2 Å². The first kappa shape index (κ1) is 12.2. The molecule has 0 radical (unpaired) electrons. The first-order valence-electron chi connectivity index (χ1n) is 5.50. The molecule has 2 atom stereocenters. The molecule has 1 aliphatic rings. The van der Waals surface area contributed by atoms with Gasteiger partial charge in [-0.1, -0.05) is 36.2 Å². The van der Waals surface area contributed by atoms with Crippen LogP contribution in [-0.2, 0) is 4.74 Å². The number of nitrogens with one attached hydrogen (secondary N) is 1. The summed E-state index contributed by atoms with van der Waals surface area (Å²) in [6, 6.07) is 6.00. The minimum Gasteiger partial charge on any atom is -0.371 e. The Balaban J connectivity index is 2.08. The molecule has 2 unspecified atom stereocenters. The van der Waals surface area contributed by atoms with E-state index in [1.807, 2.05) is 12.1 Å². The van der Waals surface area contributed by atoms with Crippen molar-refractivity contribution in [2.24, 2.45) is 0 Å². The monoisotopic (exact) mass is 259 g/mol. The van der Waals surface area contributed by atoms with E-state index in [-0.39, 0.29) is 6.10 Å². The zero-order chi connectivity index (χ0) is 11.5. The largest absolute Gasteiger partial charge is 0.371 e. The number of benzene rings is 1. The molecule has 1 aliphatic heterocycles. The van der Waals surface area contributed by atoms with E-state index >= 15 is 0 Å². The van der Waals surface area contributed by atoms with Gasteiger partial charge in [-0.15, -0.1) is 0 Å². The fourth-order valence-corrected chi connectivity index (χ4v) is 2.38. The minimum atomic E-state index is 0.0348. The van der Waals surface area contributed by atoms with Crippen molar-refractivity contribution in [3.05, 3.63) is 33.8 Å². The van der Waals surface area contributed by atoms with E-state index in [0.29, 0.717) is 16.1 Å². The standard InChI is InChI=1S/C12H15Cl2NO/c1-2-9-7-16-12(6-15-9)10-4-3-8(13)5-11(10)14/h3-5,9,12,15H,2,6-7H2,1H3. The summed E-state index contributed by atoms with van der Waals surface area (Å²) in [5.41, 5.74) is 1.01. The van der Waals surface area contributed by atoms with Crippen LogP contribution in [-0.4, -0.2) is 19.2 Å². The Labute approximate surface area is 106 Å². The third-order valence-corrected chi connectivity index (χ3v) is 3.46. The van der Waals surface area contributed by atoms with E-state index in [0.717, 1.165) is 25.1 Å². The third-order valence-electron chi connectivity index (χ3n) is 2.89. The van der Waals surface area contributed by atoms with Crippen LogP contribution in [0.2, 0.25) is 10.0 Å². The van der Waals surface area contributed by atoms with Gasteiger partial charge >= 0.3 is 0 Å². The number of halogens is 2. The SMILES string of the molecule is CCC1COC(c2ccc(Cl)cc2Cl)CN1. The first-order valence-corrected chi connectivity index (χ1v) is 6.26. The Kier molecular flexibility index (Phi) is 4.09. The minimum absolute atomic E-state index is 0.0348. The van der Waals surface area contributed by atoms with E-state index in [9.17, 15) is 0 Å². The van der Waals surface area contributed by atoms with Gasteiger partial charge in [0.1, 0.15) is 0 Å². The Morgan fingerprint density at radius 1 is 1.44 bits per heavy atom. The molecule has 0 amide bonds. The summed E-state index contributed by atoms with van der Waals surface area (Å²) < 4.78 is 5.80. The highest BCUT2D eigenvalue weighted by molar-refractivity contribution is 6.35. The van der Waals surface area contributed by atoms with Gasteiger partial charge in [0.25, 0.3) is 0 Å². The Bertz CT molecular complexity index is 362. The van der Waals surface area contributed by atoms with E-state index in [4.69, 9.17) is 27.9 Å². The molecule has 0 bridgehead atoms. The van der Waals surface area contributed by atoms with Crippen LogP contribution in [0.15, 0.2) is 18.2 Å². The summed E-state index contributed by atoms with van der Waals surface area (Å²) in [6.07, 6.45) is 1.12. The first-order chi connectivity index (χ1) is 7.70. The number of ether oxygens (including phenoxy) is 1. The van der Waals surface area contributed by atoms with Crippen molar-refractivity contribution in [3.63, 3.8) is 0 Å². The molecular formula is C12H15Cl2NO. The van der Waals surface area contributed by atoms with Crippen LogP contribution in [0.25, 0.3) is 0 Å². The average Bonchev–Trinajstić information content (AvgIpc) is 2.29. The zero-order valence-electron chi connectivity index (χ0n) is 9.17. The van der Waals surface area contributed by atoms with Crippen LogP contribution in [0.3, 0.4) is 0 Å². The summed E-state index contributed by atoms with van der Waals surface area (Å²) in [7, 11) is 0. The molecule has 1 aromatic carbocycles. The van der Waals surface area contributed by atoms with Gasteiger partial charge in [-0.2, -0.15) is 0 Å². The Hall–Kier alpha value is -0.280. The molecule has 0 spiro atoms. The summed E-state index contributed by atoms with van der Waals surface area (Å²) in [4.78, 5) is 0. The van der Waals surface area contributed by atoms with E-state index < -0.39 is 0 Å². The van der Waals surface area contributed by atoms with Crippen LogP contribution >= 0.6 is 23.2 Å². The quantitative estimate of drug-likeness (QED) is 0.879. The lowest BCUT2D eigenvalue weighted by atomic mass is 10.1. The van der Waals surface area contributed by atoms with Gasteiger partial charge in [0.15, 0.2) is 0 Å². The van der Waals surface area contributed by atoms with Crippen molar-refractivity contribution < 1.29 is 4.74 Å². The van der Waals surface area contributed by atoms with Gasteiger partial charge in [-0.3, -0.25) is 0 Å². The lowest BCUT2D eigenvalue weighted by Crippen LogP contribution is -2.42. The topological polar surface area (TPSA) is 21.3 Å². The molecule has 2 nitrogen and oxygen atoms in total. The molecule has 88 valence electrons. The van der Waals surface area contributed by atoms with Crippen LogP contribution < -0.4 is 5.32 Å². The van der Waals surface area contributed by atoms with Gasteiger partial charge in [-0.05, 0) is 18.6 Å². The molecule has 1 heterocycles. The maximum atomic E-state index is 6.14. The summed E-state index contributed by atoms with van der Waals surface area (Å²) in [5, 5.41) is 4.77. The molecule has 2 rings (SSSR count). The molecule has 1 N–H and O–H groups in total. The van der Waals surface area contributed by atoms with Gasteiger partial charge in [0.2, 0.25) is 0 Å². The fourth-order valence-electron chi connectivity index (χ4n) is 1.85. The predicted molar refractivity (Wildman–Crippen MR) is 67.2 cm³/mol. The number of rotatable bonds is 2. The second-order valence-electron chi connectivity index (χ2n) is 4.00. The molecule has 1 saturated heterocycles. The molecule has 1 fully saturated rings. The van der Waals surface area contributed by atoms with Gasteiger partial charge in [0, 0.05) is 28.2 Å². The van der Waals surface area contributed by atoms with Crippen LogP contribution in [0.4, 0.5) is 0 Å². The van der Waals surface area contributed by atoms with E-state index in [2.05, 4.69) is 12.2 Å². The zero-order valence-corrected chi connectivity index (χ0v) is 10.7. The number of morpholine rings is 1.